The van der Waals surface area contributed by atoms with Crippen molar-refractivity contribution >= 4 is 48.2 Å². The highest BCUT2D eigenvalue weighted by molar-refractivity contribution is 7.86. The van der Waals surface area contributed by atoms with E-state index in [0.717, 1.165) is 64.9 Å². The third-order valence-corrected chi connectivity index (χ3v) is 7.83. The second kappa shape index (κ2) is 7.11. The van der Waals surface area contributed by atoms with E-state index in [4.69, 9.17) is 0 Å². The Morgan fingerprint density at radius 3 is 2.63 bits per heavy atom. The molecule has 0 fully saturated rings. The van der Waals surface area contributed by atoms with Gasteiger partial charge in [0, 0.05) is 18.8 Å². The largest absolute Gasteiger partial charge is 0.371 e. The van der Waals surface area contributed by atoms with E-state index in [-0.39, 0.29) is 10.6 Å². The van der Waals surface area contributed by atoms with Gasteiger partial charge in [-0.3, -0.25) is 4.55 Å². The minimum atomic E-state index is -4.44. The van der Waals surface area contributed by atoms with Crippen LogP contribution in [-0.2, 0) is 23.0 Å². The van der Waals surface area contributed by atoms with E-state index in [1.54, 1.807) is 6.07 Å². The first-order valence-electron chi connectivity index (χ1n) is 10.0. The van der Waals surface area contributed by atoms with E-state index < -0.39 is 10.1 Å². The van der Waals surface area contributed by atoms with Crippen LogP contribution in [0.2, 0.25) is 0 Å². The molecule has 5 rings (SSSR count). The molecule has 0 saturated carbocycles. The average Bonchev–Trinajstić information content (AvgIpc) is 3.09. The van der Waals surface area contributed by atoms with Crippen LogP contribution in [0.1, 0.15) is 35.1 Å². The Kier molecular flexibility index (Phi) is 4.64. The summed E-state index contributed by atoms with van der Waals surface area (Å²) in [5, 5.41) is 9.00. The molecule has 2 aliphatic rings. The molecule has 0 saturated heterocycles. The summed E-state index contributed by atoms with van der Waals surface area (Å²) in [7, 11) is -4.44. The van der Waals surface area contributed by atoms with Crippen molar-refractivity contribution in [3.8, 4) is 0 Å². The highest BCUT2D eigenvalue weighted by Crippen LogP contribution is 2.44. The van der Waals surface area contributed by atoms with Gasteiger partial charge in [0.2, 0.25) is 5.13 Å². The van der Waals surface area contributed by atoms with Crippen molar-refractivity contribution in [2.24, 2.45) is 10.2 Å². The van der Waals surface area contributed by atoms with Crippen molar-refractivity contribution in [3.05, 3.63) is 40.5 Å². The quantitative estimate of drug-likeness (QED) is 0.440. The Balaban J connectivity index is 1.65. The molecule has 0 atom stereocenters. The number of nitrogens with zero attached hydrogens (tertiary/aromatic N) is 4. The van der Waals surface area contributed by atoms with Gasteiger partial charge in [-0.2, -0.15) is 8.42 Å². The zero-order valence-corrected chi connectivity index (χ0v) is 18.5. The second-order valence-electron chi connectivity index (χ2n) is 8.01. The first-order valence-corrected chi connectivity index (χ1v) is 12.3. The molecule has 0 radical (unpaired) electrons. The molecular weight excluding hydrogens is 420 g/mol. The van der Waals surface area contributed by atoms with Gasteiger partial charge in [-0.05, 0) is 73.9 Å². The molecule has 0 bridgehead atoms. The average molecular weight is 443 g/mol. The van der Waals surface area contributed by atoms with Crippen molar-refractivity contribution < 1.29 is 13.0 Å². The minimum absolute atomic E-state index is 0.107. The monoisotopic (exact) mass is 442 g/mol. The van der Waals surface area contributed by atoms with Gasteiger partial charge < -0.3 is 4.90 Å². The molecule has 30 heavy (non-hydrogen) atoms. The summed E-state index contributed by atoms with van der Waals surface area (Å²) in [6.45, 7) is 5.88. The molecule has 0 amide bonds. The third kappa shape index (κ3) is 3.30. The number of thiazole rings is 1. The molecule has 1 aromatic heterocycles. The Morgan fingerprint density at radius 2 is 1.87 bits per heavy atom. The van der Waals surface area contributed by atoms with E-state index in [0.29, 0.717) is 17.1 Å². The molecule has 156 valence electrons. The van der Waals surface area contributed by atoms with E-state index in [1.807, 2.05) is 19.9 Å². The number of anilines is 1. The first-order chi connectivity index (χ1) is 14.3. The van der Waals surface area contributed by atoms with Crippen molar-refractivity contribution in [2.75, 3.05) is 18.0 Å². The SMILES string of the molecule is Cc1cc(C)c2sc(N=Nc3cc4c5c(c3S(=O)(=O)O)CCCN5CCC4)nc2c1. The molecule has 9 heteroatoms. The van der Waals surface area contributed by atoms with Crippen molar-refractivity contribution in [1.82, 2.24) is 4.98 Å². The van der Waals surface area contributed by atoms with Gasteiger partial charge in [-0.1, -0.05) is 17.4 Å². The molecule has 2 aromatic carbocycles. The summed E-state index contributed by atoms with van der Waals surface area (Å²) in [5.41, 5.74) is 6.02. The van der Waals surface area contributed by atoms with Gasteiger partial charge in [0.05, 0.1) is 10.2 Å². The molecule has 2 aliphatic heterocycles. The van der Waals surface area contributed by atoms with E-state index in [2.05, 4.69) is 26.2 Å². The third-order valence-electron chi connectivity index (χ3n) is 5.76. The van der Waals surface area contributed by atoms with Crippen LogP contribution >= 0.6 is 11.3 Å². The molecule has 3 aromatic rings. The van der Waals surface area contributed by atoms with Gasteiger partial charge in [0.15, 0.2) is 0 Å². The maximum absolute atomic E-state index is 12.3. The van der Waals surface area contributed by atoms with Crippen LogP contribution in [0, 0.1) is 13.8 Å². The van der Waals surface area contributed by atoms with Gasteiger partial charge in [0.25, 0.3) is 10.1 Å². The Bertz CT molecular complexity index is 1310. The van der Waals surface area contributed by atoms with Crippen LogP contribution in [0.15, 0.2) is 33.3 Å². The number of rotatable bonds is 3. The summed E-state index contributed by atoms with van der Waals surface area (Å²) in [5.74, 6) is 0. The topological polar surface area (TPSA) is 95.2 Å². The summed E-state index contributed by atoms with van der Waals surface area (Å²) in [6, 6.07) is 5.86. The molecule has 3 heterocycles. The fourth-order valence-electron chi connectivity index (χ4n) is 4.68. The molecular formula is C21H22N4O3S2. The maximum Gasteiger partial charge on any atom is 0.297 e. The Hall–Kier alpha value is -2.36. The lowest BCUT2D eigenvalue weighted by Gasteiger charge is -2.37. The predicted octanol–water partition coefficient (Wildman–Crippen LogP) is 5.27. The smallest absolute Gasteiger partial charge is 0.297 e. The van der Waals surface area contributed by atoms with Crippen LogP contribution < -0.4 is 4.90 Å². The zero-order chi connectivity index (χ0) is 21.0. The Morgan fingerprint density at radius 1 is 1.10 bits per heavy atom. The summed E-state index contributed by atoms with van der Waals surface area (Å²) >= 11 is 1.42. The lowest BCUT2D eigenvalue weighted by Crippen LogP contribution is -2.35. The molecule has 1 N–H and O–H groups in total. The van der Waals surface area contributed by atoms with Gasteiger partial charge in [-0.25, -0.2) is 4.98 Å². The van der Waals surface area contributed by atoms with Crippen molar-refractivity contribution in [1.29, 1.82) is 0 Å². The fraction of sp³-hybridized carbons (Fsp3) is 0.381. The number of fused-ring (bicyclic) bond motifs is 1. The number of hydrogen-bond donors (Lipinski definition) is 1. The summed E-state index contributed by atoms with van der Waals surface area (Å²) in [4.78, 5) is 6.65. The van der Waals surface area contributed by atoms with E-state index >= 15 is 0 Å². The van der Waals surface area contributed by atoms with Gasteiger partial charge in [-0.15, -0.1) is 10.2 Å². The normalized spacial score (nSPS) is 16.4. The van der Waals surface area contributed by atoms with Gasteiger partial charge in [0.1, 0.15) is 10.6 Å². The van der Waals surface area contributed by atoms with Crippen LogP contribution in [0.25, 0.3) is 10.2 Å². The standard InChI is InChI=1S/C21H22N4O3S2/c1-12-9-13(2)19-16(10-12)22-21(29-19)24-23-17-11-14-5-3-7-25-8-4-6-15(18(14)25)20(17)30(26,27)28/h9-11H,3-8H2,1-2H3,(H,26,27,28). The van der Waals surface area contributed by atoms with Crippen LogP contribution in [0.4, 0.5) is 16.5 Å². The number of benzene rings is 2. The van der Waals surface area contributed by atoms with E-state index in [1.165, 1.54) is 11.3 Å². The minimum Gasteiger partial charge on any atom is -0.371 e. The lowest BCUT2D eigenvalue weighted by atomic mass is 9.91. The number of azo groups is 1. The Labute approximate surface area is 179 Å². The summed E-state index contributed by atoms with van der Waals surface area (Å²) < 4.78 is 35.7. The first kappa shape index (κ1) is 19.6. The number of hydrogen-bond acceptors (Lipinski definition) is 7. The van der Waals surface area contributed by atoms with Crippen LogP contribution in [0.3, 0.4) is 0 Å². The molecule has 0 aliphatic carbocycles. The van der Waals surface area contributed by atoms with Crippen LogP contribution in [0.5, 0.6) is 0 Å². The van der Waals surface area contributed by atoms with Crippen molar-refractivity contribution in [3.63, 3.8) is 0 Å². The highest BCUT2D eigenvalue weighted by Gasteiger charge is 2.32. The van der Waals surface area contributed by atoms with Gasteiger partial charge >= 0.3 is 0 Å². The number of aryl methyl sites for hydroxylation is 3. The highest BCUT2D eigenvalue weighted by atomic mass is 32.2. The maximum atomic E-state index is 12.3. The number of aromatic nitrogens is 1. The summed E-state index contributed by atoms with van der Waals surface area (Å²) in [6.07, 6.45) is 3.35. The fourth-order valence-corrected chi connectivity index (χ4v) is 6.39. The van der Waals surface area contributed by atoms with Crippen molar-refractivity contribution in [2.45, 2.75) is 44.4 Å². The molecule has 7 nitrogen and oxygen atoms in total. The predicted molar refractivity (Wildman–Crippen MR) is 118 cm³/mol. The van der Waals surface area contributed by atoms with E-state index in [9.17, 15) is 13.0 Å². The zero-order valence-electron chi connectivity index (χ0n) is 16.8. The lowest BCUT2D eigenvalue weighted by molar-refractivity contribution is 0.481. The second-order valence-corrected chi connectivity index (χ2v) is 10.3. The molecule has 0 spiro atoms. The molecule has 0 unspecified atom stereocenters. The van der Waals surface area contributed by atoms with Crippen LogP contribution in [-0.4, -0.2) is 31.0 Å².